The molecule has 88 valence electrons. The average molecular weight is 234 g/mol. The van der Waals surface area contributed by atoms with E-state index in [0.29, 0.717) is 25.6 Å². The molecule has 0 N–H and O–H groups in total. The molecule has 1 aliphatic rings. The van der Waals surface area contributed by atoms with Crippen LogP contribution >= 0.6 is 0 Å². The highest BCUT2D eigenvalue weighted by Gasteiger charge is 2.20. The summed E-state index contributed by atoms with van der Waals surface area (Å²) in [4.78, 5) is 11.0. The minimum Gasteiger partial charge on any atom is -0.466 e. The fourth-order valence-electron chi connectivity index (χ4n) is 1.52. The first-order chi connectivity index (χ1) is 7.24. The first-order valence-electron chi connectivity index (χ1n) is 5.34. The second-order valence-electron chi connectivity index (χ2n) is 3.45. The van der Waals surface area contributed by atoms with Crippen LogP contribution in [0.5, 0.6) is 0 Å². The highest BCUT2D eigenvalue weighted by Crippen LogP contribution is 2.13. The maximum atomic E-state index is 11.8. The molecule has 1 aliphatic heterocycles. The van der Waals surface area contributed by atoms with Crippen LogP contribution in [0, 0.1) is 0 Å². The zero-order valence-corrected chi connectivity index (χ0v) is 9.88. The van der Waals surface area contributed by atoms with Gasteiger partial charge < -0.3 is 9.47 Å². The Morgan fingerprint density at radius 3 is 2.73 bits per heavy atom. The number of carbonyl (C=O) groups is 1. The Morgan fingerprint density at radius 2 is 2.13 bits per heavy atom. The Kier molecular flexibility index (Phi) is 5.86. The summed E-state index contributed by atoms with van der Waals surface area (Å²) in [6.45, 7) is 3.54. The van der Waals surface area contributed by atoms with Crippen molar-refractivity contribution >= 4 is 16.8 Å². The zero-order valence-electron chi connectivity index (χ0n) is 9.07. The number of esters is 1. The average Bonchev–Trinajstić information content (AvgIpc) is 2.27. The van der Waals surface area contributed by atoms with E-state index in [1.165, 1.54) is 0 Å². The molecule has 0 aromatic carbocycles. The third-order valence-electron chi connectivity index (χ3n) is 2.35. The Hall–Kier alpha value is -0.420. The minimum absolute atomic E-state index is 0.202. The number of rotatable bonds is 5. The summed E-state index contributed by atoms with van der Waals surface area (Å²) in [7, 11) is -0.911. The second-order valence-corrected chi connectivity index (χ2v) is 5.29. The SMILES string of the molecule is CCOC(=O)CCS(=O)C1CCOCC1. The van der Waals surface area contributed by atoms with E-state index in [-0.39, 0.29) is 17.6 Å². The normalized spacial score (nSPS) is 19.8. The van der Waals surface area contributed by atoms with Crippen molar-refractivity contribution in [2.45, 2.75) is 31.4 Å². The van der Waals surface area contributed by atoms with Gasteiger partial charge in [-0.05, 0) is 19.8 Å². The van der Waals surface area contributed by atoms with E-state index in [4.69, 9.17) is 9.47 Å². The Balaban J connectivity index is 2.19. The van der Waals surface area contributed by atoms with Gasteiger partial charge in [0.05, 0.1) is 13.0 Å². The van der Waals surface area contributed by atoms with E-state index < -0.39 is 10.8 Å². The molecule has 0 aromatic rings. The summed E-state index contributed by atoms with van der Waals surface area (Å²) in [5.74, 6) is 0.168. The predicted molar refractivity (Wildman–Crippen MR) is 58.1 cm³/mol. The molecule has 1 heterocycles. The quantitative estimate of drug-likeness (QED) is 0.662. The highest BCUT2D eigenvalue weighted by molar-refractivity contribution is 7.85. The van der Waals surface area contributed by atoms with Crippen LogP contribution in [0.25, 0.3) is 0 Å². The highest BCUT2D eigenvalue weighted by atomic mass is 32.2. The summed E-state index contributed by atoms with van der Waals surface area (Å²) in [5.41, 5.74) is 0. The van der Waals surface area contributed by atoms with Gasteiger partial charge in [0.25, 0.3) is 0 Å². The summed E-state index contributed by atoms with van der Waals surface area (Å²) in [5, 5.41) is 0.202. The van der Waals surface area contributed by atoms with Crippen LogP contribution in [0.2, 0.25) is 0 Å². The summed E-state index contributed by atoms with van der Waals surface area (Å²) < 4.78 is 21.7. The Bertz CT molecular complexity index is 223. The lowest BCUT2D eigenvalue weighted by Gasteiger charge is -2.21. The lowest BCUT2D eigenvalue weighted by atomic mass is 10.2. The Morgan fingerprint density at radius 1 is 1.47 bits per heavy atom. The molecule has 0 bridgehead atoms. The smallest absolute Gasteiger partial charge is 0.306 e. The molecule has 1 rings (SSSR count). The van der Waals surface area contributed by atoms with E-state index >= 15 is 0 Å². The van der Waals surface area contributed by atoms with E-state index in [2.05, 4.69) is 0 Å². The summed E-state index contributed by atoms with van der Waals surface area (Å²) in [6, 6.07) is 0. The van der Waals surface area contributed by atoms with Crippen molar-refractivity contribution in [1.82, 2.24) is 0 Å². The largest absolute Gasteiger partial charge is 0.466 e. The molecule has 0 aliphatic carbocycles. The van der Waals surface area contributed by atoms with Crippen molar-refractivity contribution in [3.05, 3.63) is 0 Å². The van der Waals surface area contributed by atoms with Crippen molar-refractivity contribution in [3.63, 3.8) is 0 Å². The number of carbonyl (C=O) groups excluding carboxylic acids is 1. The zero-order chi connectivity index (χ0) is 11.1. The maximum absolute atomic E-state index is 11.8. The third-order valence-corrected chi connectivity index (χ3v) is 4.17. The van der Waals surface area contributed by atoms with Crippen LogP contribution in [-0.4, -0.2) is 41.0 Å². The lowest BCUT2D eigenvalue weighted by molar-refractivity contribution is -0.142. The fourth-order valence-corrected chi connectivity index (χ4v) is 2.94. The third kappa shape index (κ3) is 4.75. The number of ether oxygens (including phenoxy) is 2. The van der Waals surface area contributed by atoms with Gasteiger partial charge >= 0.3 is 5.97 Å². The molecule has 0 saturated carbocycles. The molecule has 5 heteroatoms. The Labute approximate surface area is 92.8 Å². The molecule has 0 amide bonds. The molecule has 0 aromatic heterocycles. The van der Waals surface area contributed by atoms with Gasteiger partial charge in [0.15, 0.2) is 0 Å². The van der Waals surface area contributed by atoms with Gasteiger partial charge in [0, 0.05) is 35.0 Å². The van der Waals surface area contributed by atoms with Crippen LogP contribution < -0.4 is 0 Å². The standard InChI is InChI=1S/C10H18O4S/c1-2-14-10(11)5-8-15(12)9-3-6-13-7-4-9/h9H,2-8H2,1H3. The summed E-state index contributed by atoms with van der Waals surface area (Å²) >= 11 is 0. The van der Waals surface area contributed by atoms with Crippen molar-refractivity contribution in [2.75, 3.05) is 25.6 Å². The van der Waals surface area contributed by atoms with Gasteiger partial charge in [0.1, 0.15) is 0 Å². The number of hydrogen-bond acceptors (Lipinski definition) is 4. The molecular formula is C10H18O4S. The molecule has 1 unspecified atom stereocenters. The monoisotopic (exact) mass is 234 g/mol. The van der Waals surface area contributed by atoms with Crippen LogP contribution in [0.4, 0.5) is 0 Å². The topological polar surface area (TPSA) is 52.6 Å². The fraction of sp³-hybridized carbons (Fsp3) is 0.900. The second kappa shape index (κ2) is 6.95. The first-order valence-corrected chi connectivity index (χ1v) is 6.72. The van der Waals surface area contributed by atoms with Crippen LogP contribution in [-0.2, 0) is 25.1 Å². The number of hydrogen-bond donors (Lipinski definition) is 0. The van der Waals surface area contributed by atoms with Crippen LogP contribution in [0.3, 0.4) is 0 Å². The van der Waals surface area contributed by atoms with Gasteiger partial charge in [-0.1, -0.05) is 0 Å². The van der Waals surface area contributed by atoms with Gasteiger partial charge in [-0.25, -0.2) is 0 Å². The van der Waals surface area contributed by atoms with Crippen LogP contribution in [0.15, 0.2) is 0 Å². The molecule has 0 spiro atoms. The van der Waals surface area contributed by atoms with Crippen LogP contribution in [0.1, 0.15) is 26.2 Å². The summed E-state index contributed by atoms with van der Waals surface area (Å²) in [6.07, 6.45) is 1.95. The molecule has 15 heavy (non-hydrogen) atoms. The molecule has 0 radical (unpaired) electrons. The van der Waals surface area contributed by atoms with E-state index in [1.807, 2.05) is 0 Å². The van der Waals surface area contributed by atoms with Crippen molar-refractivity contribution in [1.29, 1.82) is 0 Å². The maximum Gasteiger partial charge on any atom is 0.306 e. The van der Waals surface area contributed by atoms with E-state index in [9.17, 15) is 9.00 Å². The predicted octanol–water partition coefficient (Wildman–Crippen LogP) is 0.867. The molecular weight excluding hydrogens is 216 g/mol. The van der Waals surface area contributed by atoms with Gasteiger partial charge in [-0.2, -0.15) is 0 Å². The van der Waals surface area contributed by atoms with Crippen molar-refractivity contribution < 1.29 is 18.5 Å². The van der Waals surface area contributed by atoms with Crippen molar-refractivity contribution in [3.8, 4) is 0 Å². The first kappa shape index (κ1) is 12.6. The van der Waals surface area contributed by atoms with Gasteiger partial charge in [-0.3, -0.25) is 9.00 Å². The van der Waals surface area contributed by atoms with Gasteiger partial charge in [0.2, 0.25) is 0 Å². The van der Waals surface area contributed by atoms with Crippen molar-refractivity contribution in [2.24, 2.45) is 0 Å². The minimum atomic E-state index is -0.911. The lowest BCUT2D eigenvalue weighted by Crippen LogP contribution is -2.27. The molecule has 4 nitrogen and oxygen atoms in total. The molecule has 1 saturated heterocycles. The molecule has 1 atom stereocenters. The van der Waals surface area contributed by atoms with E-state index in [1.54, 1.807) is 6.92 Å². The van der Waals surface area contributed by atoms with Gasteiger partial charge in [-0.15, -0.1) is 0 Å². The van der Waals surface area contributed by atoms with E-state index in [0.717, 1.165) is 12.8 Å². The molecule has 1 fully saturated rings.